The predicted molar refractivity (Wildman–Crippen MR) is 86.8 cm³/mol. The van der Waals surface area contributed by atoms with Crippen LogP contribution in [0.15, 0.2) is 51.6 Å². The molecule has 1 amide bonds. The summed E-state index contributed by atoms with van der Waals surface area (Å²) in [5.74, 6) is -0.101. The quantitative estimate of drug-likeness (QED) is 0.842. The summed E-state index contributed by atoms with van der Waals surface area (Å²) in [6, 6.07) is 11.2. The monoisotopic (exact) mass is 338 g/mol. The van der Waals surface area contributed by atoms with Crippen LogP contribution in [-0.2, 0) is 9.84 Å². The number of amides is 1. The molecule has 0 fully saturated rings. The summed E-state index contributed by atoms with van der Waals surface area (Å²) >= 11 is 0.971. The highest BCUT2D eigenvalue weighted by atomic mass is 32.2. The summed E-state index contributed by atoms with van der Waals surface area (Å²) < 4.78 is 25.1. The van der Waals surface area contributed by atoms with Crippen LogP contribution >= 0.6 is 11.3 Å². The molecule has 1 heterocycles. The summed E-state index contributed by atoms with van der Waals surface area (Å²) in [7, 11) is -3.57. The van der Waals surface area contributed by atoms with Gasteiger partial charge >= 0.3 is 0 Å². The molecule has 1 unspecified atom stereocenters. The van der Waals surface area contributed by atoms with E-state index in [1.165, 1.54) is 24.3 Å². The first-order chi connectivity index (χ1) is 10.4. The van der Waals surface area contributed by atoms with Gasteiger partial charge in [0.15, 0.2) is 0 Å². The maximum absolute atomic E-state index is 12.4. The first-order valence-electron chi connectivity index (χ1n) is 6.83. The molecule has 0 aliphatic rings. The third kappa shape index (κ3) is 3.73. The highest BCUT2D eigenvalue weighted by molar-refractivity contribution is 7.93. The number of hydrogen-bond acceptors (Lipinski definition) is 5. The van der Waals surface area contributed by atoms with Crippen molar-refractivity contribution in [3.63, 3.8) is 0 Å². The summed E-state index contributed by atoms with van der Waals surface area (Å²) in [4.78, 5) is 12.6. The molecule has 0 radical (unpaired) electrons. The lowest BCUT2D eigenvalue weighted by Gasteiger charge is -2.08. The lowest BCUT2D eigenvalue weighted by molar-refractivity contribution is 0.0952. The van der Waals surface area contributed by atoms with Crippen LogP contribution < -0.4 is 11.1 Å². The summed E-state index contributed by atoms with van der Waals surface area (Å²) in [6.07, 6.45) is 0. The second-order valence-corrected chi connectivity index (χ2v) is 8.25. The lowest BCUT2D eigenvalue weighted by atomic mass is 10.2. The van der Waals surface area contributed by atoms with Gasteiger partial charge in [0.05, 0.1) is 9.77 Å². The van der Waals surface area contributed by atoms with Gasteiger partial charge in [0.1, 0.15) is 4.21 Å². The van der Waals surface area contributed by atoms with Gasteiger partial charge in [-0.3, -0.25) is 4.79 Å². The van der Waals surface area contributed by atoms with Crippen molar-refractivity contribution in [1.82, 2.24) is 5.32 Å². The van der Waals surface area contributed by atoms with Crippen LogP contribution in [0, 0.1) is 5.92 Å². The molecule has 1 atom stereocenters. The molecule has 0 spiro atoms. The SMILES string of the molecule is CC(CN)CNC(=O)c1ccc(S(=O)(=O)c2ccccc2)s1. The molecule has 0 aliphatic heterocycles. The zero-order valence-electron chi connectivity index (χ0n) is 12.2. The Hall–Kier alpha value is -1.70. The fraction of sp³-hybridized carbons (Fsp3) is 0.267. The zero-order chi connectivity index (χ0) is 16.2. The van der Waals surface area contributed by atoms with Crippen molar-refractivity contribution < 1.29 is 13.2 Å². The van der Waals surface area contributed by atoms with Gasteiger partial charge in [0.25, 0.3) is 5.91 Å². The summed E-state index contributed by atoms with van der Waals surface area (Å²) in [5.41, 5.74) is 5.49. The van der Waals surface area contributed by atoms with Gasteiger partial charge in [-0.25, -0.2) is 8.42 Å². The van der Waals surface area contributed by atoms with E-state index >= 15 is 0 Å². The first-order valence-corrected chi connectivity index (χ1v) is 9.13. The van der Waals surface area contributed by atoms with Crippen LogP contribution in [0.3, 0.4) is 0 Å². The van der Waals surface area contributed by atoms with E-state index in [1.807, 2.05) is 6.92 Å². The Labute approximate surface area is 134 Å². The van der Waals surface area contributed by atoms with Gasteiger partial charge in [-0.15, -0.1) is 11.3 Å². The highest BCUT2D eigenvalue weighted by Gasteiger charge is 2.21. The largest absolute Gasteiger partial charge is 0.351 e. The number of nitrogens with one attached hydrogen (secondary N) is 1. The van der Waals surface area contributed by atoms with Gasteiger partial charge < -0.3 is 11.1 Å². The van der Waals surface area contributed by atoms with Crippen LogP contribution in [0.1, 0.15) is 16.6 Å². The number of carbonyl (C=O) groups is 1. The van der Waals surface area contributed by atoms with E-state index in [-0.39, 0.29) is 20.9 Å². The number of sulfone groups is 1. The molecule has 2 rings (SSSR count). The van der Waals surface area contributed by atoms with E-state index in [1.54, 1.807) is 18.2 Å². The van der Waals surface area contributed by atoms with Gasteiger partial charge in [-0.1, -0.05) is 25.1 Å². The molecule has 0 aliphatic carbocycles. The number of nitrogens with two attached hydrogens (primary N) is 1. The van der Waals surface area contributed by atoms with E-state index in [9.17, 15) is 13.2 Å². The molecule has 5 nitrogen and oxygen atoms in total. The van der Waals surface area contributed by atoms with Gasteiger partial charge in [-0.05, 0) is 36.7 Å². The van der Waals surface area contributed by atoms with E-state index in [2.05, 4.69) is 5.32 Å². The van der Waals surface area contributed by atoms with Crippen molar-refractivity contribution in [3.05, 3.63) is 47.3 Å². The summed E-state index contributed by atoms with van der Waals surface area (Å²) in [5, 5.41) is 2.75. The van der Waals surface area contributed by atoms with E-state index in [0.29, 0.717) is 18.0 Å². The number of carbonyl (C=O) groups excluding carboxylic acids is 1. The maximum Gasteiger partial charge on any atom is 0.261 e. The number of hydrogen-bond donors (Lipinski definition) is 2. The zero-order valence-corrected chi connectivity index (χ0v) is 13.8. The van der Waals surface area contributed by atoms with Gasteiger partial charge in [0, 0.05) is 6.54 Å². The Morgan fingerprint density at radius 2 is 1.91 bits per heavy atom. The molecule has 0 saturated heterocycles. The molecule has 0 bridgehead atoms. The Morgan fingerprint density at radius 1 is 1.23 bits per heavy atom. The van der Waals surface area contributed by atoms with Crippen LogP contribution in [0.4, 0.5) is 0 Å². The average molecular weight is 338 g/mol. The molecular formula is C15H18N2O3S2. The van der Waals surface area contributed by atoms with Crippen LogP contribution in [0.25, 0.3) is 0 Å². The fourth-order valence-corrected chi connectivity index (χ4v) is 4.39. The smallest absolute Gasteiger partial charge is 0.261 e. The Balaban J connectivity index is 2.16. The molecule has 7 heteroatoms. The van der Waals surface area contributed by atoms with E-state index < -0.39 is 9.84 Å². The molecule has 3 N–H and O–H groups in total. The molecule has 0 saturated carbocycles. The lowest BCUT2D eigenvalue weighted by Crippen LogP contribution is -2.30. The van der Waals surface area contributed by atoms with Crippen molar-refractivity contribution in [2.45, 2.75) is 16.0 Å². The average Bonchev–Trinajstić information content (AvgIpc) is 3.04. The van der Waals surface area contributed by atoms with Crippen molar-refractivity contribution in [1.29, 1.82) is 0 Å². The van der Waals surface area contributed by atoms with Gasteiger partial charge in [0.2, 0.25) is 9.84 Å². The standard InChI is InChI=1S/C15H18N2O3S2/c1-11(9-16)10-17-15(18)13-7-8-14(21-13)22(19,20)12-5-3-2-4-6-12/h2-8,11H,9-10,16H2,1H3,(H,17,18). The van der Waals surface area contributed by atoms with Crippen molar-refractivity contribution >= 4 is 27.1 Å². The molecular weight excluding hydrogens is 320 g/mol. The third-order valence-electron chi connectivity index (χ3n) is 3.14. The highest BCUT2D eigenvalue weighted by Crippen LogP contribution is 2.27. The van der Waals surface area contributed by atoms with Crippen LogP contribution in [0.5, 0.6) is 0 Å². The summed E-state index contributed by atoms with van der Waals surface area (Å²) in [6.45, 7) is 2.88. The van der Waals surface area contributed by atoms with Gasteiger partial charge in [-0.2, -0.15) is 0 Å². The number of benzene rings is 1. The minimum atomic E-state index is -3.57. The predicted octanol–water partition coefficient (Wildman–Crippen LogP) is 1.91. The molecule has 22 heavy (non-hydrogen) atoms. The third-order valence-corrected chi connectivity index (χ3v) is 6.48. The first kappa shape index (κ1) is 16.7. The molecule has 118 valence electrons. The Morgan fingerprint density at radius 3 is 2.55 bits per heavy atom. The van der Waals surface area contributed by atoms with E-state index in [0.717, 1.165) is 11.3 Å². The fourth-order valence-electron chi connectivity index (χ4n) is 1.74. The number of rotatable bonds is 6. The Kier molecular flexibility index (Phi) is 5.33. The number of thiophene rings is 1. The van der Waals surface area contributed by atoms with E-state index in [4.69, 9.17) is 5.73 Å². The second-order valence-electron chi connectivity index (χ2n) is 4.99. The van der Waals surface area contributed by atoms with Crippen molar-refractivity contribution in [3.8, 4) is 0 Å². The van der Waals surface area contributed by atoms with Crippen molar-refractivity contribution in [2.75, 3.05) is 13.1 Å². The normalized spacial score (nSPS) is 12.8. The van der Waals surface area contributed by atoms with Crippen LogP contribution in [-0.4, -0.2) is 27.4 Å². The molecule has 2 aromatic rings. The second kappa shape index (κ2) is 7.04. The van der Waals surface area contributed by atoms with Crippen LogP contribution in [0.2, 0.25) is 0 Å². The Bertz CT molecular complexity index is 739. The topological polar surface area (TPSA) is 89.3 Å². The molecule has 1 aromatic carbocycles. The minimum Gasteiger partial charge on any atom is -0.351 e. The minimum absolute atomic E-state index is 0.163. The maximum atomic E-state index is 12.4. The van der Waals surface area contributed by atoms with Crippen molar-refractivity contribution in [2.24, 2.45) is 11.7 Å². The molecule has 1 aromatic heterocycles.